The van der Waals surface area contributed by atoms with Crippen molar-refractivity contribution in [3.8, 4) is 0 Å². The van der Waals surface area contributed by atoms with Gasteiger partial charge in [0.15, 0.2) is 0 Å². The molecule has 0 bridgehead atoms. The van der Waals surface area contributed by atoms with Crippen LogP contribution >= 0.6 is 0 Å². The molecule has 0 aromatic rings. The lowest BCUT2D eigenvalue weighted by molar-refractivity contribution is -0.114. The van der Waals surface area contributed by atoms with Crippen LogP contribution < -0.4 is 0 Å². The highest BCUT2D eigenvalue weighted by Crippen LogP contribution is 2.15. The molecule has 1 N–H and O–H groups in total. The number of hydrogen-bond acceptors (Lipinski definition) is 2. The van der Waals surface area contributed by atoms with Crippen LogP contribution in [-0.4, -0.2) is 17.5 Å². The lowest BCUT2D eigenvalue weighted by Crippen LogP contribution is -2.07. The van der Waals surface area contributed by atoms with Gasteiger partial charge in [-0.05, 0) is 25.7 Å². The molecule has 2 atom stereocenters. The Morgan fingerprint density at radius 2 is 2.06 bits per heavy atom. The van der Waals surface area contributed by atoms with Gasteiger partial charge in [-0.1, -0.05) is 44.8 Å². The van der Waals surface area contributed by atoms with Gasteiger partial charge in [0.2, 0.25) is 0 Å². The van der Waals surface area contributed by atoms with E-state index in [4.69, 9.17) is 5.11 Å². The molecule has 0 spiro atoms. The van der Waals surface area contributed by atoms with E-state index < -0.39 is 6.10 Å². The predicted octanol–water partition coefficient (Wildman–Crippen LogP) is 3.49. The molecule has 0 heterocycles. The largest absolute Gasteiger partial charge is 0.385 e. The summed E-state index contributed by atoms with van der Waals surface area (Å²) in [6.07, 6.45) is 8.55. The number of hydrogen-bond donors (Lipinski definition) is 1. The molecule has 0 aliphatic rings. The van der Waals surface area contributed by atoms with E-state index >= 15 is 0 Å². The van der Waals surface area contributed by atoms with Gasteiger partial charge in [0.05, 0.1) is 0 Å². The highest BCUT2D eigenvalue weighted by molar-refractivity contribution is 5.56. The van der Waals surface area contributed by atoms with Crippen LogP contribution in [0.2, 0.25) is 0 Å². The van der Waals surface area contributed by atoms with Gasteiger partial charge in [0, 0.05) is 6.42 Å². The lowest BCUT2D eigenvalue weighted by Gasteiger charge is -2.09. The Morgan fingerprint density at radius 3 is 2.62 bits per heavy atom. The molecule has 2 nitrogen and oxygen atoms in total. The summed E-state index contributed by atoms with van der Waals surface area (Å²) in [5.41, 5.74) is 1.11. The van der Waals surface area contributed by atoms with E-state index in [-0.39, 0.29) is 0 Å². The molecule has 0 aromatic heterocycles. The molecular weight excluding hydrogens is 200 g/mol. The van der Waals surface area contributed by atoms with Crippen LogP contribution in [0.5, 0.6) is 0 Å². The quantitative estimate of drug-likeness (QED) is 0.482. The van der Waals surface area contributed by atoms with Crippen molar-refractivity contribution in [2.24, 2.45) is 5.92 Å². The fourth-order valence-corrected chi connectivity index (χ4v) is 1.77. The average molecular weight is 226 g/mol. The summed E-state index contributed by atoms with van der Waals surface area (Å²) >= 11 is 0. The van der Waals surface area contributed by atoms with Crippen molar-refractivity contribution in [1.82, 2.24) is 0 Å². The van der Waals surface area contributed by atoms with Crippen molar-refractivity contribution >= 4 is 6.29 Å². The third kappa shape index (κ3) is 8.66. The zero-order chi connectivity index (χ0) is 12.4. The van der Waals surface area contributed by atoms with Crippen LogP contribution in [0.15, 0.2) is 11.6 Å². The van der Waals surface area contributed by atoms with Gasteiger partial charge in [0.1, 0.15) is 12.4 Å². The van der Waals surface area contributed by atoms with E-state index in [1.54, 1.807) is 0 Å². The Hall–Kier alpha value is -0.630. The van der Waals surface area contributed by atoms with Crippen LogP contribution in [0.25, 0.3) is 0 Å². The number of aliphatic hydroxyl groups is 1. The van der Waals surface area contributed by atoms with Crippen LogP contribution in [0.4, 0.5) is 0 Å². The molecule has 2 heteroatoms. The fraction of sp³-hybridized carbons (Fsp3) is 0.786. The average Bonchev–Trinajstić information content (AvgIpc) is 2.26. The van der Waals surface area contributed by atoms with Crippen molar-refractivity contribution < 1.29 is 9.90 Å². The molecule has 0 saturated carbocycles. The van der Waals surface area contributed by atoms with Gasteiger partial charge in [-0.3, -0.25) is 0 Å². The van der Waals surface area contributed by atoms with Gasteiger partial charge in [0.25, 0.3) is 0 Å². The summed E-state index contributed by atoms with van der Waals surface area (Å²) in [5, 5.41) is 9.14. The molecule has 0 radical (unpaired) electrons. The van der Waals surface area contributed by atoms with E-state index in [0.29, 0.717) is 12.7 Å². The summed E-state index contributed by atoms with van der Waals surface area (Å²) in [6, 6.07) is 0. The van der Waals surface area contributed by atoms with Crippen molar-refractivity contribution in [3.63, 3.8) is 0 Å². The Kier molecular flexibility index (Phi) is 9.21. The second kappa shape index (κ2) is 9.59. The summed E-state index contributed by atoms with van der Waals surface area (Å²) in [7, 11) is 0. The first kappa shape index (κ1) is 15.4. The Bertz CT molecular complexity index is 209. The van der Waals surface area contributed by atoms with E-state index in [0.717, 1.165) is 17.9 Å². The SMILES string of the molecule is CCCCC(C)CC/C=C(\C)CC(O)C=O. The maximum absolute atomic E-state index is 10.3. The highest BCUT2D eigenvalue weighted by atomic mass is 16.3. The maximum atomic E-state index is 10.3. The highest BCUT2D eigenvalue weighted by Gasteiger charge is 2.03. The number of aliphatic hydroxyl groups excluding tert-OH is 1. The monoisotopic (exact) mass is 226 g/mol. The molecular formula is C14H26O2. The summed E-state index contributed by atoms with van der Waals surface area (Å²) < 4.78 is 0. The van der Waals surface area contributed by atoms with Crippen LogP contribution in [0.1, 0.15) is 59.3 Å². The summed E-state index contributed by atoms with van der Waals surface area (Å²) in [4.78, 5) is 10.3. The second-order valence-corrected chi connectivity index (χ2v) is 4.78. The zero-order valence-corrected chi connectivity index (χ0v) is 10.9. The van der Waals surface area contributed by atoms with Crippen LogP contribution in [0, 0.1) is 5.92 Å². The minimum atomic E-state index is -0.825. The Labute approximate surface area is 99.7 Å². The van der Waals surface area contributed by atoms with Crippen molar-refractivity contribution in [3.05, 3.63) is 11.6 Å². The number of carbonyl (C=O) groups is 1. The normalized spacial score (nSPS) is 15.9. The Morgan fingerprint density at radius 1 is 1.38 bits per heavy atom. The predicted molar refractivity (Wildman–Crippen MR) is 68.4 cm³/mol. The van der Waals surface area contributed by atoms with Crippen LogP contribution in [0.3, 0.4) is 0 Å². The molecule has 0 fully saturated rings. The van der Waals surface area contributed by atoms with E-state index in [1.807, 2.05) is 6.92 Å². The lowest BCUT2D eigenvalue weighted by atomic mass is 9.98. The van der Waals surface area contributed by atoms with Crippen molar-refractivity contribution in [2.45, 2.75) is 65.4 Å². The fourth-order valence-electron chi connectivity index (χ4n) is 1.77. The third-order valence-corrected chi connectivity index (χ3v) is 2.89. The first-order valence-corrected chi connectivity index (χ1v) is 6.39. The minimum Gasteiger partial charge on any atom is -0.385 e. The second-order valence-electron chi connectivity index (χ2n) is 4.78. The van der Waals surface area contributed by atoms with Gasteiger partial charge < -0.3 is 9.90 Å². The molecule has 2 unspecified atom stereocenters. The number of carbonyl (C=O) groups excluding carboxylic acids is 1. The van der Waals surface area contributed by atoms with E-state index in [2.05, 4.69) is 19.9 Å². The third-order valence-electron chi connectivity index (χ3n) is 2.89. The first-order valence-electron chi connectivity index (χ1n) is 6.39. The molecule has 0 aromatic carbocycles. The Balaban J connectivity index is 3.68. The van der Waals surface area contributed by atoms with E-state index in [1.165, 1.54) is 25.7 Å². The van der Waals surface area contributed by atoms with Gasteiger partial charge in [-0.25, -0.2) is 0 Å². The first-order chi connectivity index (χ1) is 7.60. The zero-order valence-electron chi connectivity index (χ0n) is 10.9. The summed E-state index contributed by atoms with van der Waals surface area (Å²) in [5.74, 6) is 0.778. The number of rotatable bonds is 9. The smallest absolute Gasteiger partial charge is 0.148 e. The molecule has 94 valence electrons. The van der Waals surface area contributed by atoms with Gasteiger partial charge in [-0.15, -0.1) is 0 Å². The summed E-state index contributed by atoms with van der Waals surface area (Å²) in [6.45, 7) is 6.49. The number of unbranched alkanes of at least 4 members (excludes halogenated alkanes) is 1. The molecule has 0 rings (SSSR count). The van der Waals surface area contributed by atoms with E-state index in [9.17, 15) is 4.79 Å². The minimum absolute atomic E-state index is 0.479. The standard InChI is InChI=1S/C14H26O2/c1-4-5-7-12(2)8-6-9-13(3)10-14(16)11-15/h9,11-12,14,16H,4-8,10H2,1-3H3/b13-9+. The van der Waals surface area contributed by atoms with Crippen molar-refractivity contribution in [2.75, 3.05) is 0 Å². The van der Waals surface area contributed by atoms with Gasteiger partial charge >= 0.3 is 0 Å². The molecule has 16 heavy (non-hydrogen) atoms. The molecule has 0 aliphatic carbocycles. The molecule has 0 saturated heterocycles. The van der Waals surface area contributed by atoms with Crippen LogP contribution in [-0.2, 0) is 4.79 Å². The van der Waals surface area contributed by atoms with Crippen molar-refractivity contribution in [1.29, 1.82) is 0 Å². The van der Waals surface area contributed by atoms with Gasteiger partial charge in [-0.2, -0.15) is 0 Å². The number of allylic oxidation sites excluding steroid dienone is 1. The topological polar surface area (TPSA) is 37.3 Å². The molecule has 0 amide bonds. The maximum Gasteiger partial charge on any atom is 0.148 e. The number of aldehydes is 1. The molecule has 0 aliphatic heterocycles.